The molecule has 1 aliphatic rings. The molecule has 0 spiro atoms. The molecule has 2 heteroatoms. The highest BCUT2D eigenvalue weighted by Gasteiger charge is 2.13. The smallest absolute Gasteiger partial charge is 0.157 e. The molecule has 1 saturated heterocycles. The molecule has 0 unspecified atom stereocenters. The van der Waals surface area contributed by atoms with Crippen LogP contribution in [0.5, 0.6) is 0 Å². The zero-order valence-electron chi connectivity index (χ0n) is 11.1. The first-order valence-corrected chi connectivity index (χ1v) is 6.77. The first kappa shape index (κ1) is 13.3. The maximum Gasteiger partial charge on any atom is 0.157 e. The molecule has 0 saturated carbocycles. The van der Waals surface area contributed by atoms with E-state index in [9.17, 15) is 0 Å². The van der Waals surface area contributed by atoms with E-state index >= 15 is 0 Å². The van der Waals surface area contributed by atoms with Gasteiger partial charge in [0, 0.05) is 6.42 Å². The molecule has 0 radical (unpaired) electrons. The number of ether oxygens (including phenoxy) is 2. The van der Waals surface area contributed by atoms with E-state index in [1.807, 2.05) is 0 Å². The predicted octanol–water partition coefficient (Wildman–Crippen LogP) is 3.72. The number of hydrogen-bond acceptors (Lipinski definition) is 2. The van der Waals surface area contributed by atoms with E-state index in [-0.39, 0.29) is 6.29 Å². The van der Waals surface area contributed by atoms with E-state index in [2.05, 4.69) is 43.3 Å². The second-order valence-corrected chi connectivity index (χ2v) is 4.80. The van der Waals surface area contributed by atoms with E-state index in [1.165, 1.54) is 11.1 Å². The summed E-state index contributed by atoms with van der Waals surface area (Å²) in [7, 11) is 0. The van der Waals surface area contributed by atoms with Gasteiger partial charge in [-0.15, -0.1) is 0 Å². The number of benzene rings is 1. The summed E-state index contributed by atoms with van der Waals surface area (Å²) in [6.07, 6.45) is 6.38. The maximum absolute atomic E-state index is 5.54. The third-order valence-corrected chi connectivity index (χ3v) is 3.20. The normalized spacial score (nSPS) is 17.9. The molecule has 2 nitrogen and oxygen atoms in total. The number of allylic oxidation sites excluding steroid dienone is 2. The molecule has 0 amide bonds. The standard InChI is InChI=1S/C16H22O2/c1-14(8-10-15-6-3-2-4-7-15)9-11-16-17-12-5-13-18-16/h2-4,6-8,16H,5,9-13H2,1H3/b14-8+. The fourth-order valence-electron chi connectivity index (χ4n) is 2.06. The van der Waals surface area contributed by atoms with E-state index in [4.69, 9.17) is 9.47 Å². The Hall–Kier alpha value is -1.12. The van der Waals surface area contributed by atoms with Gasteiger partial charge in [0.1, 0.15) is 0 Å². The van der Waals surface area contributed by atoms with Gasteiger partial charge in [-0.3, -0.25) is 0 Å². The summed E-state index contributed by atoms with van der Waals surface area (Å²) in [5, 5.41) is 0. The Bertz CT molecular complexity index is 364. The zero-order valence-corrected chi connectivity index (χ0v) is 11.1. The van der Waals surface area contributed by atoms with Gasteiger partial charge in [0.05, 0.1) is 13.2 Å². The van der Waals surface area contributed by atoms with Crippen molar-refractivity contribution in [3.05, 3.63) is 47.5 Å². The van der Waals surface area contributed by atoms with Crippen LogP contribution < -0.4 is 0 Å². The first-order valence-electron chi connectivity index (χ1n) is 6.77. The van der Waals surface area contributed by atoms with Crippen LogP contribution in [-0.4, -0.2) is 19.5 Å². The van der Waals surface area contributed by atoms with Crippen LogP contribution in [0.2, 0.25) is 0 Å². The lowest BCUT2D eigenvalue weighted by Crippen LogP contribution is -2.24. The van der Waals surface area contributed by atoms with Gasteiger partial charge in [0.15, 0.2) is 6.29 Å². The van der Waals surface area contributed by atoms with Crippen LogP contribution in [0.25, 0.3) is 0 Å². The van der Waals surface area contributed by atoms with Gasteiger partial charge in [-0.2, -0.15) is 0 Å². The third-order valence-electron chi connectivity index (χ3n) is 3.20. The quantitative estimate of drug-likeness (QED) is 0.737. The molecule has 0 bridgehead atoms. The molecular formula is C16H22O2. The summed E-state index contributed by atoms with van der Waals surface area (Å²) < 4.78 is 11.1. The Morgan fingerprint density at radius 1 is 1.22 bits per heavy atom. The minimum Gasteiger partial charge on any atom is -0.353 e. The van der Waals surface area contributed by atoms with Crippen molar-refractivity contribution in [3.8, 4) is 0 Å². The fraction of sp³-hybridized carbons (Fsp3) is 0.500. The minimum atomic E-state index is 0.0128. The van der Waals surface area contributed by atoms with Crippen LogP contribution in [0.15, 0.2) is 42.0 Å². The van der Waals surface area contributed by atoms with Gasteiger partial charge < -0.3 is 9.47 Å². The van der Waals surface area contributed by atoms with Gasteiger partial charge in [-0.1, -0.05) is 42.0 Å². The first-order chi connectivity index (χ1) is 8.84. The van der Waals surface area contributed by atoms with Crippen molar-refractivity contribution in [2.24, 2.45) is 0 Å². The zero-order chi connectivity index (χ0) is 12.6. The topological polar surface area (TPSA) is 18.5 Å². The van der Waals surface area contributed by atoms with Crippen molar-refractivity contribution in [1.82, 2.24) is 0 Å². The summed E-state index contributed by atoms with van der Waals surface area (Å²) in [4.78, 5) is 0. The Kier molecular flexibility index (Phi) is 5.43. The minimum absolute atomic E-state index is 0.0128. The molecule has 18 heavy (non-hydrogen) atoms. The summed E-state index contributed by atoms with van der Waals surface area (Å²) in [6.45, 7) is 3.88. The molecule has 1 aromatic carbocycles. The predicted molar refractivity (Wildman–Crippen MR) is 73.4 cm³/mol. The van der Waals surface area contributed by atoms with Crippen molar-refractivity contribution in [2.75, 3.05) is 13.2 Å². The molecule has 1 fully saturated rings. The van der Waals surface area contributed by atoms with E-state index < -0.39 is 0 Å². The lowest BCUT2D eigenvalue weighted by atomic mass is 10.1. The molecule has 0 aliphatic carbocycles. The average Bonchev–Trinajstić information content (AvgIpc) is 2.45. The summed E-state index contributed by atoms with van der Waals surface area (Å²) in [6, 6.07) is 10.6. The van der Waals surface area contributed by atoms with Gasteiger partial charge in [0.25, 0.3) is 0 Å². The van der Waals surface area contributed by atoms with E-state index in [0.29, 0.717) is 0 Å². The molecule has 0 atom stereocenters. The van der Waals surface area contributed by atoms with Gasteiger partial charge in [0.2, 0.25) is 0 Å². The molecule has 1 aliphatic heterocycles. The fourth-order valence-corrected chi connectivity index (χ4v) is 2.06. The third kappa shape index (κ3) is 4.63. The molecule has 1 heterocycles. The molecule has 0 aromatic heterocycles. The Morgan fingerprint density at radius 3 is 2.67 bits per heavy atom. The molecule has 0 N–H and O–H groups in total. The highest BCUT2D eigenvalue weighted by molar-refractivity contribution is 5.18. The highest BCUT2D eigenvalue weighted by Crippen LogP contribution is 2.15. The van der Waals surface area contributed by atoms with Crippen LogP contribution in [0.3, 0.4) is 0 Å². The van der Waals surface area contributed by atoms with Crippen molar-refractivity contribution < 1.29 is 9.47 Å². The number of hydrogen-bond donors (Lipinski definition) is 0. The lowest BCUT2D eigenvalue weighted by Gasteiger charge is -2.23. The second-order valence-electron chi connectivity index (χ2n) is 4.80. The van der Waals surface area contributed by atoms with Gasteiger partial charge in [-0.25, -0.2) is 0 Å². The van der Waals surface area contributed by atoms with Gasteiger partial charge >= 0.3 is 0 Å². The molecule has 98 valence electrons. The van der Waals surface area contributed by atoms with Crippen LogP contribution in [0.1, 0.15) is 31.7 Å². The summed E-state index contributed by atoms with van der Waals surface area (Å²) in [5.41, 5.74) is 2.78. The van der Waals surface area contributed by atoms with Crippen molar-refractivity contribution in [1.29, 1.82) is 0 Å². The Balaban J connectivity index is 1.72. The van der Waals surface area contributed by atoms with Crippen LogP contribution in [0.4, 0.5) is 0 Å². The van der Waals surface area contributed by atoms with Crippen LogP contribution in [-0.2, 0) is 15.9 Å². The summed E-state index contributed by atoms with van der Waals surface area (Å²) >= 11 is 0. The summed E-state index contributed by atoms with van der Waals surface area (Å²) in [5.74, 6) is 0. The van der Waals surface area contributed by atoms with Crippen LogP contribution in [0, 0.1) is 0 Å². The Labute approximate surface area is 110 Å². The Morgan fingerprint density at radius 2 is 1.94 bits per heavy atom. The van der Waals surface area contributed by atoms with Crippen LogP contribution >= 0.6 is 0 Å². The van der Waals surface area contributed by atoms with Gasteiger partial charge in [-0.05, 0) is 31.7 Å². The molecule has 1 aromatic rings. The molecular weight excluding hydrogens is 224 g/mol. The highest BCUT2D eigenvalue weighted by atomic mass is 16.7. The maximum atomic E-state index is 5.54. The largest absolute Gasteiger partial charge is 0.353 e. The molecule has 2 rings (SSSR count). The second kappa shape index (κ2) is 7.34. The SMILES string of the molecule is C/C(=C\Cc1ccccc1)CCC1OCCCO1. The van der Waals surface area contributed by atoms with Crippen molar-refractivity contribution in [3.63, 3.8) is 0 Å². The monoisotopic (exact) mass is 246 g/mol. The van der Waals surface area contributed by atoms with Crippen molar-refractivity contribution in [2.45, 2.75) is 38.9 Å². The van der Waals surface area contributed by atoms with E-state index in [0.717, 1.165) is 38.9 Å². The van der Waals surface area contributed by atoms with Crippen molar-refractivity contribution >= 4 is 0 Å². The van der Waals surface area contributed by atoms with E-state index in [1.54, 1.807) is 0 Å². The average molecular weight is 246 g/mol. The lowest BCUT2D eigenvalue weighted by molar-refractivity contribution is -0.180. The number of rotatable bonds is 5.